The van der Waals surface area contributed by atoms with Crippen molar-refractivity contribution >= 4 is 12.6 Å². The molecule has 0 N–H and O–H groups in total. The zero-order valence-corrected chi connectivity index (χ0v) is 11.4. The van der Waals surface area contributed by atoms with E-state index in [1.165, 1.54) is 0 Å². The summed E-state index contributed by atoms with van der Waals surface area (Å²) in [5.74, 6) is 0. The molecule has 0 aliphatic carbocycles. The van der Waals surface area contributed by atoms with Crippen LogP contribution in [0.1, 0.15) is 39.0 Å². The molecule has 0 amide bonds. The Kier molecular flexibility index (Phi) is 2.96. The average molecular weight is 244 g/mol. The smallest absolute Gasteiger partial charge is 0.399 e. The number of pyridine rings is 1. The number of nitriles is 1. The van der Waals surface area contributed by atoms with Gasteiger partial charge >= 0.3 is 7.12 Å². The van der Waals surface area contributed by atoms with Crippen LogP contribution in [-0.4, -0.2) is 23.3 Å². The Hall–Kier alpha value is -1.38. The molecule has 1 aliphatic rings. The van der Waals surface area contributed by atoms with Crippen molar-refractivity contribution in [3.05, 3.63) is 23.5 Å². The minimum absolute atomic E-state index is 0.363. The van der Waals surface area contributed by atoms with Crippen LogP contribution in [0.25, 0.3) is 0 Å². The van der Waals surface area contributed by atoms with Crippen molar-refractivity contribution in [1.82, 2.24) is 4.98 Å². The predicted octanol–water partition coefficient (Wildman–Crippen LogP) is 1.56. The highest BCUT2D eigenvalue weighted by Crippen LogP contribution is 2.36. The van der Waals surface area contributed by atoms with Crippen molar-refractivity contribution in [2.24, 2.45) is 0 Å². The Bertz CT molecular complexity index is 504. The summed E-state index contributed by atoms with van der Waals surface area (Å²) in [4.78, 5) is 4.08. The van der Waals surface area contributed by atoms with E-state index in [-0.39, 0.29) is 11.2 Å². The van der Waals surface area contributed by atoms with E-state index in [1.54, 1.807) is 12.3 Å². The Morgan fingerprint density at radius 2 is 1.78 bits per heavy atom. The van der Waals surface area contributed by atoms with E-state index in [9.17, 15) is 0 Å². The number of hydrogen-bond donors (Lipinski definition) is 0. The van der Waals surface area contributed by atoms with Crippen molar-refractivity contribution < 1.29 is 9.31 Å². The van der Waals surface area contributed by atoms with Gasteiger partial charge in [0.1, 0.15) is 11.8 Å². The predicted molar refractivity (Wildman–Crippen MR) is 69.4 cm³/mol. The molecule has 94 valence electrons. The fraction of sp³-hybridized carbons (Fsp3) is 0.538. The Balaban J connectivity index is 2.33. The van der Waals surface area contributed by atoms with Gasteiger partial charge in [0, 0.05) is 11.7 Å². The fourth-order valence-electron chi connectivity index (χ4n) is 1.84. The molecule has 5 heteroatoms. The van der Waals surface area contributed by atoms with Gasteiger partial charge in [-0.3, -0.25) is 0 Å². The van der Waals surface area contributed by atoms with E-state index in [4.69, 9.17) is 14.6 Å². The molecule has 0 saturated carbocycles. The largest absolute Gasteiger partial charge is 0.496 e. The van der Waals surface area contributed by atoms with E-state index in [2.05, 4.69) is 4.98 Å². The quantitative estimate of drug-likeness (QED) is 0.703. The summed E-state index contributed by atoms with van der Waals surface area (Å²) in [6.45, 7) is 9.99. The second-order valence-corrected chi connectivity index (χ2v) is 5.63. The molecule has 0 bridgehead atoms. The van der Waals surface area contributed by atoms with E-state index >= 15 is 0 Å². The van der Waals surface area contributed by atoms with E-state index in [0.29, 0.717) is 5.69 Å². The van der Waals surface area contributed by atoms with Crippen molar-refractivity contribution in [2.75, 3.05) is 0 Å². The van der Waals surface area contributed by atoms with Crippen molar-refractivity contribution in [3.8, 4) is 6.07 Å². The number of aryl methyl sites for hydroxylation is 1. The first-order valence-electron chi connectivity index (χ1n) is 5.99. The number of rotatable bonds is 1. The second kappa shape index (κ2) is 4.08. The van der Waals surface area contributed by atoms with Gasteiger partial charge in [0.15, 0.2) is 0 Å². The van der Waals surface area contributed by atoms with Gasteiger partial charge in [0.25, 0.3) is 0 Å². The summed E-state index contributed by atoms with van der Waals surface area (Å²) < 4.78 is 11.9. The van der Waals surface area contributed by atoms with Crippen LogP contribution in [0, 0.1) is 18.3 Å². The van der Waals surface area contributed by atoms with Crippen LogP contribution in [0.3, 0.4) is 0 Å². The number of nitrogens with zero attached hydrogens (tertiary/aromatic N) is 2. The molecule has 0 radical (unpaired) electrons. The lowest BCUT2D eigenvalue weighted by molar-refractivity contribution is 0.00578. The number of hydrogen-bond acceptors (Lipinski definition) is 4. The SMILES string of the molecule is Cc1cc(C#N)ncc1B1OC(C)(C)C(C)(C)O1. The van der Waals surface area contributed by atoms with Crippen LogP contribution in [0.5, 0.6) is 0 Å². The Labute approximate surface area is 108 Å². The maximum absolute atomic E-state index is 8.81. The normalized spacial score (nSPS) is 20.8. The third-order valence-electron chi connectivity index (χ3n) is 3.77. The second-order valence-electron chi connectivity index (χ2n) is 5.63. The van der Waals surface area contributed by atoms with Gasteiger partial charge in [-0.25, -0.2) is 4.98 Å². The zero-order chi connectivity index (χ0) is 13.6. The lowest BCUT2D eigenvalue weighted by Crippen LogP contribution is -2.41. The molecule has 0 atom stereocenters. The molecule has 0 unspecified atom stereocenters. The van der Waals surface area contributed by atoms with Crippen LogP contribution in [0.4, 0.5) is 0 Å². The topological polar surface area (TPSA) is 55.1 Å². The molecule has 0 spiro atoms. The highest BCUT2D eigenvalue weighted by atomic mass is 16.7. The monoisotopic (exact) mass is 244 g/mol. The minimum Gasteiger partial charge on any atom is -0.399 e. The lowest BCUT2D eigenvalue weighted by Gasteiger charge is -2.32. The van der Waals surface area contributed by atoms with Gasteiger partial charge in [-0.1, -0.05) is 0 Å². The average Bonchev–Trinajstić information content (AvgIpc) is 2.47. The van der Waals surface area contributed by atoms with Crippen LogP contribution in [0.15, 0.2) is 12.3 Å². The lowest BCUT2D eigenvalue weighted by atomic mass is 9.77. The summed E-state index contributed by atoms with van der Waals surface area (Å²) in [6.07, 6.45) is 1.66. The molecule has 4 nitrogen and oxygen atoms in total. The molecular formula is C13H17BN2O2. The van der Waals surface area contributed by atoms with Crippen molar-refractivity contribution in [2.45, 2.75) is 45.8 Å². The molecule has 1 aromatic heterocycles. The summed E-state index contributed by atoms with van der Waals surface area (Å²) >= 11 is 0. The van der Waals surface area contributed by atoms with Gasteiger partial charge in [-0.15, -0.1) is 0 Å². The van der Waals surface area contributed by atoms with Crippen molar-refractivity contribution in [3.63, 3.8) is 0 Å². The van der Waals surface area contributed by atoms with Crippen LogP contribution in [0.2, 0.25) is 0 Å². The van der Waals surface area contributed by atoms with Gasteiger partial charge < -0.3 is 9.31 Å². The van der Waals surface area contributed by atoms with E-state index in [0.717, 1.165) is 11.0 Å². The summed E-state index contributed by atoms with van der Waals surface area (Å²) in [7, 11) is -0.421. The molecule has 1 aromatic rings. The van der Waals surface area contributed by atoms with E-state index in [1.807, 2.05) is 40.7 Å². The fourth-order valence-corrected chi connectivity index (χ4v) is 1.84. The molecular weight excluding hydrogens is 227 g/mol. The minimum atomic E-state index is -0.421. The summed E-state index contributed by atoms with van der Waals surface area (Å²) in [5.41, 5.74) is 1.52. The third kappa shape index (κ3) is 2.02. The van der Waals surface area contributed by atoms with Crippen LogP contribution < -0.4 is 5.46 Å². The first-order valence-corrected chi connectivity index (χ1v) is 5.99. The maximum atomic E-state index is 8.81. The van der Waals surface area contributed by atoms with Crippen molar-refractivity contribution in [1.29, 1.82) is 5.26 Å². The molecule has 18 heavy (non-hydrogen) atoms. The highest BCUT2D eigenvalue weighted by Gasteiger charge is 2.52. The standard InChI is InChI=1S/C13H17BN2O2/c1-9-6-10(7-15)16-8-11(9)14-17-12(2,3)13(4,5)18-14/h6,8H,1-5H3. The maximum Gasteiger partial charge on any atom is 0.496 e. The highest BCUT2D eigenvalue weighted by molar-refractivity contribution is 6.62. The van der Waals surface area contributed by atoms with Gasteiger partial charge in [0.05, 0.1) is 11.2 Å². The van der Waals surface area contributed by atoms with Gasteiger partial charge in [-0.05, 0) is 46.2 Å². The molecule has 2 heterocycles. The third-order valence-corrected chi connectivity index (χ3v) is 3.77. The number of aromatic nitrogens is 1. The van der Waals surface area contributed by atoms with Crippen LogP contribution >= 0.6 is 0 Å². The molecule has 2 rings (SSSR count). The molecule has 0 aromatic carbocycles. The van der Waals surface area contributed by atoms with E-state index < -0.39 is 7.12 Å². The van der Waals surface area contributed by atoms with Gasteiger partial charge in [0.2, 0.25) is 0 Å². The molecule has 1 aliphatic heterocycles. The summed E-state index contributed by atoms with van der Waals surface area (Å²) in [6, 6.07) is 3.78. The van der Waals surface area contributed by atoms with Gasteiger partial charge in [-0.2, -0.15) is 5.26 Å². The molecule has 1 fully saturated rings. The first-order chi connectivity index (χ1) is 8.27. The Morgan fingerprint density at radius 1 is 1.22 bits per heavy atom. The Morgan fingerprint density at radius 3 is 2.22 bits per heavy atom. The summed E-state index contributed by atoms with van der Waals surface area (Å²) in [5, 5.41) is 8.81. The molecule has 1 saturated heterocycles. The van der Waals surface area contributed by atoms with Crippen LogP contribution in [-0.2, 0) is 9.31 Å². The zero-order valence-electron chi connectivity index (χ0n) is 11.4. The first kappa shape index (κ1) is 13.1.